The van der Waals surface area contributed by atoms with Crippen LogP contribution in [-0.4, -0.2) is 11.5 Å². The van der Waals surface area contributed by atoms with E-state index in [-0.39, 0.29) is 0 Å². The van der Waals surface area contributed by atoms with Crippen molar-refractivity contribution in [3.8, 4) is 22.8 Å². The maximum absolute atomic E-state index is 6.08. The van der Waals surface area contributed by atoms with Crippen LogP contribution in [-0.2, 0) is 6.42 Å². The number of ether oxygens (including phenoxy) is 1. The number of aryl methyl sites for hydroxylation is 1. The number of hydrogen-bond donors (Lipinski definition) is 2. The molecule has 3 aromatic carbocycles. The third kappa shape index (κ3) is 4.27. The van der Waals surface area contributed by atoms with E-state index in [1.807, 2.05) is 36.4 Å². The van der Waals surface area contributed by atoms with Crippen molar-refractivity contribution in [1.29, 1.82) is 0 Å². The average Bonchev–Trinajstić information content (AvgIpc) is 3.13. The van der Waals surface area contributed by atoms with E-state index in [1.165, 1.54) is 27.7 Å². The minimum absolute atomic E-state index is 0.463. The summed E-state index contributed by atoms with van der Waals surface area (Å²) in [5.74, 6) is 2.15. The quantitative estimate of drug-likeness (QED) is 0.313. The third-order valence-electron chi connectivity index (χ3n) is 5.58. The summed E-state index contributed by atoms with van der Waals surface area (Å²) in [5, 5.41) is 1.32. The van der Waals surface area contributed by atoms with Gasteiger partial charge in [-0.3, -0.25) is 0 Å². The van der Waals surface area contributed by atoms with Crippen molar-refractivity contribution < 1.29 is 4.74 Å². The van der Waals surface area contributed by atoms with Crippen LogP contribution in [0.2, 0.25) is 0 Å². The van der Waals surface area contributed by atoms with Gasteiger partial charge in [-0.05, 0) is 67.1 Å². The lowest BCUT2D eigenvalue weighted by atomic mass is 9.96. The molecule has 3 N–H and O–H groups in total. The predicted molar refractivity (Wildman–Crippen MR) is 126 cm³/mol. The van der Waals surface area contributed by atoms with Gasteiger partial charge in [-0.1, -0.05) is 62.4 Å². The Labute approximate surface area is 178 Å². The van der Waals surface area contributed by atoms with Crippen molar-refractivity contribution in [3.05, 3.63) is 83.9 Å². The number of benzene rings is 3. The number of fused-ring (bicyclic) bond motifs is 1. The molecule has 30 heavy (non-hydrogen) atoms. The molecular weight excluding hydrogens is 368 g/mol. The van der Waals surface area contributed by atoms with E-state index in [0.29, 0.717) is 5.92 Å². The Kier molecular flexibility index (Phi) is 6.20. The Morgan fingerprint density at radius 2 is 1.63 bits per heavy atom. The fraction of sp³-hybridized carbons (Fsp3) is 0.259. The first kappa shape index (κ1) is 20.2. The van der Waals surface area contributed by atoms with Crippen LogP contribution in [0.4, 0.5) is 0 Å². The molecular formula is C27H30N2O. The van der Waals surface area contributed by atoms with Crippen LogP contribution >= 0.6 is 0 Å². The maximum atomic E-state index is 6.08. The van der Waals surface area contributed by atoms with Gasteiger partial charge in [-0.25, -0.2) is 0 Å². The number of nitrogens with two attached hydrogens (primary N) is 1. The van der Waals surface area contributed by atoms with Gasteiger partial charge in [-0.2, -0.15) is 0 Å². The van der Waals surface area contributed by atoms with E-state index in [9.17, 15) is 0 Å². The van der Waals surface area contributed by atoms with E-state index in [2.05, 4.69) is 55.2 Å². The molecule has 0 aliphatic carbocycles. The number of aromatic nitrogens is 1. The highest BCUT2D eigenvalue weighted by atomic mass is 16.5. The summed E-state index contributed by atoms with van der Waals surface area (Å²) >= 11 is 0. The zero-order valence-electron chi connectivity index (χ0n) is 17.8. The molecule has 1 aromatic heterocycles. The number of H-pyrrole nitrogens is 1. The highest BCUT2D eigenvalue weighted by Crippen LogP contribution is 2.36. The number of rotatable bonds is 8. The summed E-state index contributed by atoms with van der Waals surface area (Å²) in [6.07, 6.45) is 3.13. The monoisotopic (exact) mass is 398 g/mol. The first-order chi connectivity index (χ1) is 14.7. The fourth-order valence-electron chi connectivity index (χ4n) is 4.07. The van der Waals surface area contributed by atoms with Crippen LogP contribution in [0.1, 0.15) is 43.7 Å². The first-order valence-corrected chi connectivity index (χ1v) is 10.8. The van der Waals surface area contributed by atoms with E-state index < -0.39 is 0 Å². The van der Waals surface area contributed by atoms with Crippen molar-refractivity contribution in [2.24, 2.45) is 5.73 Å². The molecule has 0 atom stereocenters. The van der Waals surface area contributed by atoms with Crippen molar-refractivity contribution in [3.63, 3.8) is 0 Å². The van der Waals surface area contributed by atoms with E-state index in [1.54, 1.807) is 0 Å². The van der Waals surface area contributed by atoms with Gasteiger partial charge in [0.1, 0.15) is 11.5 Å². The topological polar surface area (TPSA) is 51.0 Å². The molecule has 3 heteroatoms. The largest absolute Gasteiger partial charge is 0.457 e. The number of para-hydroxylation sites is 2. The molecule has 0 unspecified atom stereocenters. The summed E-state index contributed by atoms with van der Waals surface area (Å²) in [7, 11) is 0. The summed E-state index contributed by atoms with van der Waals surface area (Å²) in [5.41, 5.74) is 12.1. The summed E-state index contributed by atoms with van der Waals surface area (Å²) in [4.78, 5) is 3.76. The van der Waals surface area contributed by atoms with Crippen LogP contribution in [0.3, 0.4) is 0 Å². The van der Waals surface area contributed by atoms with Crippen LogP contribution in [0, 0.1) is 0 Å². The lowest BCUT2D eigenvalue weighted by molar-refractivity contribution is 0.483. The fourth-order valence-corrected chi connectivity index (χ4v) is 4.07. The van der Waals surface area contributed by atoms with Crippen molar-refractivity contribution in [2.75, 3.05) is 6.54 Å². The molecule has 154 valence electrons. The molecule has 4 aromatic rings. The van der Waals surface area contributed by atoms with Gasteiger partial charge in [0.05, 0.1) is 0 Å². The van der Waals surface area contributed by atoms with Crippen LogP contribution in [0.15, 0.2) is 72.8 Å². The normalized spacial score (nSPS) is 11.3. The first-order valence-electron chi connectivity index (χ1n) is 10.8. The summed E-state index contributed by atoms with van der Waals surface area (Å²) in [6.45, 7) is 5.23. The Hall–Kier alpha value is -3.04. The van der Waals surface area contributed by atoms with E-state index >= 15 is 0 Å². The minimum Gasteiger partial charge on any atom is -0.457 e. The van der Waals surface area contributed by atoms with Crippen molar-refractivity contribution in [2.45, 2.75) is 39.0 Å². The van der Waals surface area contributed by atoms with Crippen LogP contribution in [0.25, 0.3) is 22.2 Å². The second kappa shape index (κ2) is 9.19. The molecule has 0 amide bonds. The van der Waals surface area contributed by atoms with E-state index in [4.69, 9.17) is 10.5 Å². The lowest BCUT2D eigenvalue weighted by Crippen LogP contribution is -1.99. The number of hydrogen-bond acceptors (Lipinski definition) is 2. The van der Waals surface area contributed by atoms with Gasteiger partial charge in [0, 0.05) is 22.2 Å². The van der Waals surface area contributed by atoms with Crippen molar-refractivity contribution in [1.82, 2.24) is 4.98 Å². The second-order valence-corrected chi connectivity index (χ2v) is 8.09. The smallest absolute Gasteiger partial charge is 0.128 e. The van der Waals surface area contributed by atoms with Gasteiger partial charge < -0.3 is 15.5 Å². The number of aromatic amines is 1. The molecule has 0 aliphatic heterocycles. The molecule has 0 bridgehead atoms. The Balaban J connectivity index is 1.78. The third-order valence-corrected chi connectivity index (χ3v) is 5.58. The standard InChI is InChI=1S/C27H30N2O/c1-19(2)23-15-9-16-25-24(14-6-7-17-28)26(29-27(23)25)20-10-8-13-22(18-20)30-21-11-4-3-5-12-21/h3-5,8-13,15-16,18-19,29H,6-7,14,17,28H2,1-2H3. The number of nitrogens with one attached hydrogen (secondary N) is 1. The summed E-state index contributed by atoms with van der Waals surface area (Å²) < 4.78 is 6.08. The predicted octanol–water partition coefficient (Wildman–Crippen LogP) is 7.03. The highest BCUT2D eigenvalue weighted by molar-refractivity contribution is 5.93. The zero-order chi connectivity index (χ0) is 20.9. The van der Waals surface area contributed by atoms with Gasteiger partial charge in [0.2, 0.25) is 0 Å². The number of unbranched alkanes of at least 4 members (excludes halogenated alkanes) is 1. The van der Waals surface area contributed by atoms with Gasteiger partial charge in [0.25, 0.3) is 0 Å². The molecule has 1 heterocycles. The summed E-state index contributed by atoms with van der Waals surface area (Å²) in [6, 6.07) is 24.9. The Morgan fingerprint density at radius 3 is 2.40 bits per heavy atom. The maximum Gasteiger partial charge on any atom is 0.128 e. The molecule has 0 fully saturated rings. The molecule has 4 rings (SSSR count). The van der Waals surface area contributed by atoms with Crippen molar-refractivity contribution >= 4 is 10.9 Å². The van der Waals surface area contributed by atoms with Crippen LogP contribution in [0.5, 0.6) is 11.5 Å². The zero-order valence-corrected chi connectivity index (χ0v) is 17.8. The van der Waals surface area contributed by atoms with Gasteiger partial charge >= 0.3 is 0 Å². The molecule has 0 aliphatic rings. The minimum atomic E-state index is 0.463. The molecule has 0 saturated heterocycles. The second-order valence-electron chi connectivity index (χ2n) is 8.09. The Morgan fingerprint density at radius 1 is 0.867 bits per heavy atom. The highest BCUT2D eigenvalue weighted by Gasteiger charge is 2.16. The molecule has 3 nitrogen and oxygen atoms in total. The average molecular weight is 399 g/mol. The molecule has 0 radical (unpaired) electrons. The SMILES string of the molecule is CC(C)c1cccc2c(CCCCN)c(-c3cccc(Oc4ccccc4)c3)[nH]c12. The van der Waals surface area contributed by atoms with Gasteiger partial charge in [-0.15, -0.1) is 0 Å². The molecule has 0 spiro atoms. The molecule has 0 saturated carbocycles. The van der Waals surface area contributed by atoms with Gasteiger partial charge in [0.15, 0.2) is 0 Å². The lowest BCUT2D eigenvalue weighted by Gasteiger charge is -2.09. The van der Waals surface area contributed by atoms with E-state index in [0.717, 1.165) is 42.9 Å². The van der Waals surface area contributed by atoms with Crippen LogP contribution < -0.4 is 10.5 Å². The Bertz CT molecular complexity index is 1110.